The van der Waals surface area contributed by atoms with Crippen LogP contribution in [0.3, 0.4) is 0 Å². The smallest absolute Gasteiger partial charge is 0.406 e. The van der Waals surface area contributed by atoms with Gasteiger partial charge < -0.3 is 43.7 Å². The largest absolute Gasteiger partial charge is 0.464 e. The number of piperidine rings is 1. The molecule has 17 nitrogen and oxygen atoms in total. The molecule has 72 heavy (non-hydrogen) atoms. The lowest BCUT2D eigenvalue weighted by molar-refractivity contribution is -0.155. The number of carbonyl (C=O) groups is 5. The van der Waals surface area contributed by atoms with E-state index in [0.717, 1.165) is 18.4 Å². The van der Waals surface area contributed by atoms with Gasteiger partial charge >= 0.3 is 18.2 Å². The van der Waals surface area contributed by atoms with E-state index >= 15 is 0 Å². The minimum atomic E-state index is -4.57. The molecule has 0 saturated carbocycles. The monoisotopic (exact) mass is 1010 g/mol. The number of nitrogens with zero attached hydrogens (tertiary/aromatic N) is 7. The number of likely N-dealkylation sites (N-methyl/N-ethyl adjacent to an activating group) is 1. The molecule has 0 aliphatic carbocycles. The molecule has 3 aromatic rings. The first kappa shape index (κ1) is 52.7. The molecule has 20 heteroatoms. The zero-order valence-electron chi connectivity index (χ0n) is 42.5. The first-order valence-corrected chi connectivity index (χ1v) is 25.2. The van der Waals surface area contributed by atoms with Gasteiger partial charge in [-0.3, -0.25) is 29.2 Å². The van der Waals surface area contributed by atoms with E-state index in [1.54, 1.807) is 48.2 Å². The van der Waals surface area contributed by atoms with Crippen molar-refractivity contribution >= 4 is 40.6 Å². The highest BCUT2D eigenvalue weighted by molar-refractivity contribution is 5.94. The fraction of sp³-hybridized carbons (Fsp3) is 0.615. The van der Waals surface area contributed by atoms with Gasteiger partial charge in [-0.2, -0.15) is 13.2 Å². The number of esters is 1. The summed E-state index contributed by atoms with van der Waals surface area (Å²) >= 11 is 0. The van der Waals surface area contributed by atoms with Gasteiger partial charge in [-0.25, -0.2) is 10.2 Å². The molecule has 2 N–H and O–H groups in total. The summed E-state index contributed by atoms with van der Waals surface area (Å²) in [6.45, 7) is 14.2. The minimum Gasteiger partial charge on any atom is -0.464 e. The molecule has 5 aliphatic heterocycles. The Morgan fingerprint density at radius 3 is 2.54 bits per heavy atom. The van der Waals surface area contributed by atoms with E-state index in [1.165, 1.54) is 27.7 Å². The Morgan fingerprint density at radius 1 is 1.06 bits per heavy atom. The van der Waals surface area contributed by atoms with Crippen molar-refractivity contribution in [2.24, 2.45) is 11.3 Å². The number of morpholine rings is 1. The van der Waals surface area contributed by atoms with Crippen LogP contribution < -0.4 is 10.7 Å². The molecule has 5 aliphatic rings. The number of carbonyl (C=O) groups excluding carboxylic acids is 5. The van der Waals surface area contributed by atoms with E-state index in [1.807, 2.05) is 39.8 Å². The van der Waals surface area contributed by atoms with Crippen LogP contribution >= 0.6 is 0 Å². The van der Waals surface area contributed by atoms with Crippen LogP contribution in [0, 0.1) is 11.3 Å². The molecule has 1 unspecified atom stereocenters. The fourth-order valence-electron chi connectivity index (χ4n) is 11.5. The van der Waals surface area contributed by atoms with Gasteiger partial charge in [-0.15, -0.1) is 0 Å². The first-order chi connectivity index (χ1) is 34.2. The van der Waals surface area contributed by atoms with Crippen molar-refractivity contribution in [1.82, 2.24) is 44.9 Å². The molecule has 4 saturated heterocycles. The number of benzene rings is 1. The van der Waals surface area contributed by atoms with Crippen LogP contribution in [0.2, 0.25) is 0 Å². The molecular weight excluding hydrogens is 936 g/mol. The number of hydrogen-bond donors (Lipinski definition) is 2. The summed E-state index contributed by atoms with van der Waals surface area (Å²) in [7, 11) is 3.09. The third kappa shape index (κ3) is 11.2. The molecule has 2 aromatic heterocycles. The maximum absolute atomic E-state index is 14.8. The van der Waals surface area contributed by atoms with Crippen molar-refractivity contribution in [1.29, 1.82) is 0 Å². The summed E-state index contributed by atoms with van der Waals surface area (Å²) in [5, 5.41) is 5.08. The van der Waals surface area contributed by atoms with Crippen LogP contribution in [0.4, 0.5) is 18.0 Å². The lowest BCUT2D eigenvalue weighted by atomic mass is 9.83. The highest BCUT2D eigenvalue weighted by Crippen LogP contribution is 2.43. The highest BCUT2D eigenvalue weighted by atomic mass is 19.4. The first-order valence-electron chi connectivity index (χ1n) is 25.2. The maximum atomic E-state index is 14.8. The second kappa shape index (κ2) is 21.5. The van der Waals surface area contributed by atoms with Gasteiger partial charge in [-0.1, -0.05) is 40.3 Å². The molecule has 5 amide bonds. The van der Waals surface area contributed by atoms with Crippen molar-refractivity contribution in [3.05, 3.63) is 66.0 Å². The average Bonchev–Trinajstić information content (AvgIpc) is 3.92. The van der Waals surface area contributed by atoms with Crippen molar-refractivity contribution in [2.75, 3.05) is 73.2 Å². The molecule has 0 spiro atoms. The Morgan fingerprint density at radius 2 is 1.82 bits per heavy atom. The molecule has 4 fully saturated rings. The lowest BCUT2D eigenvalue weighted by Gasteiger charge is -2.39. The number of hydrogen-bond acceptors (Lipinski definition) is 11. The average molecular weight is 1010 g/mol. The number of halogens is 3. The number of methoxy groups -OCH3 is 1. The molecule has 392 valence electrons. The zero-order valence-corrected chi connectivity index (χ0v) is 42.5. The third-order valence-corrected chi connectivity index (χ3v) is 15.0. The number of pyridine rings is 1. The van der Waals surface area contributed by atoms with Gasteiger partial charge in [-0.05, 0) is 98.9 Å². The van der Waals surface area contributed by atoms with Crippen LogP contribution in [-0.2, 0) is 46.4 Å². The van der Waals surface area contributed by atoms with Crippen LogP contribution in [0.1, 0.15) is 89.1 Å². The normalized spacial score (nSPS) is 25.8. The second-order valence-corrected chi connectivity index (χ2v) is 21.2. The molecule has 7 heterocycles. The molecule has 1 aromatic carbocycles. The Bertz CT molecular complexity index is 2530. The summed E-state index contributed by atoms with van der Waals surface area (Å²) in [6.07, 6.45) is -0.0488. The molecule has 0 radical (unpaired) electrons. The molecular formula is C52H70F3N9O8. The van der Waals surface area contributed by atoms with Gasteiger partial charge in [0, 0.05) is 75.0 Å². The van der Waals surface area contributed by atoms with Crippen molar-refractivity contribution < 1.29 is 51.4 Å². The predicted molar refractivity (Wildman–Crippen MR) is 262 cm³/mol. The van der Waals surface area contributed by atoms with Crippen LogP contribution in [-0.4, -0.2) is 174 Å². The van der Waals surface area contributed by atoms with Crippen LogP contribution in [0.25, 0.3) is 22.2 Å². The summed E-state index contributed by atoms with van der Waals surface area (Å²) < 4.78 is 63.3. The van der Waals surface area contributed by atoms with E-state index in [-0.39, 0.29) is 63.0 Å². The SMILES string of the molecule is C=CC(=O)N1CCO[C@H]2CN(C(=O)N(C)[C@H](C(=O)N[C@H]3CN4CCC[C@@H](C4)c4ccc5c(c4)c(c(-c4cccnc4[C@H](C)OC)n5CC(F)(F)F)CC(C)(C)COC(=O)[C@@H]4CCCN(N4)C3=O)C(C)C)C[C@H]21. The van der Waals surface area contributed by atoms with E-state index in [9.17, 15) is 37.1 Å². The van der Waals surface area contributed by atoms with E-state index in [2.05, 4.69) is 27.2 Å². The standard InChI is InChI=1S/C52H70F3N9O8/c1-9-43(65)62-21-22-71-42-28-61(27-41(42)62)50(69)59(7)45(31(2)3)47(66)57-39-26-60-19-11-13-34(25-60)33-16-17-40-36(23-33)37(24-51(5,6)30-72-49(68)38-15-12-20-64(58-38)48(39)67)46(63(40)29-52(53,54)55)35-14-10-18-56-44(35)32(4)70-8/h9-10,14,16-18,23,31-32,34,38-39,41-42,45,58H,1,11-13,15,19-22,24-30H2,2-8H3,(H,57,66)/t32-,34-,38-,39-,41+,42-,45-/m0/s1. The topological polar surface area (TPSA) is 171 Å². The third-order valence-electron chi connectivity index (χ3n) is 15.0. The van der Waals surface area contributed by atoms with Crippen LogP contribution in [0.15, 0.2) is 49.2 Å². The Labute approximate surface area is 419 Å². The quantitative estimate of drug-likeness (QED) is 0.207. The zero-order chi connectivity index (χ0) is 51.8. The maximum Gasteiger partial charge on any atom is 0.406 e. The summed E-state index contributed by atoms with van der Waals surface area (Å²) in [6, 6.07) is 5.34. The second-order valence-electron chi connectivity index (χ2n) is 21.2. The number of urea groups is 1. The number of rotatable bonds is 9. The van der Waals surface area contributed by atoms with Gasteiger partial charge in [0.1, 0.15) is 24.7 Å². The number of ether oxygens (including phenoxy) is 3. The number of nitrogens with one attached hydrogen (secondary N) is 2. The number of alkyl halides is 3. The number of likely N-dealkylation sites (tertiary alicyclic amines) is 1. The molecule has 6 bridgehead atoms. The van der Waals surface area contributed by atoms with Gasteiger partial charge in [0.05, 0.1) is 49.4 Å². The van der Waals surface area contributed by atoms with E-state index in [0.29, 0.717) is 72.5 Å². The predicted octanol–water partition coefficient (Wildman–Crippen LogP) is 5.43. The van der Waals surface area contributed by atoms with Gasteiger partial charge in [0.15, 0.2) is 0 Å². The van der Waals surface area contributed by atoms with Crippen LogP contribution in [0.5, 0.6) is 0 Å². The number of fused-ring (bicyclic) bond motifs is 7. The van der Waals surface area contributed by atoms with E-state index in [4.69, 9.17) is 14.2 Å². The summed E-state index contributed by atoms with van der Waals surface area (Å²) in [5.74, 6) is -2.28. The lowest BCUT2D eigenvalue weighted by Crippen LogP contribution is -2.64. The number of amides is 5. The van der Waals surface area contributed by atoms with Gasteiger partial charge in [0.25, 0.3) is 5.91 Å². The van der Waals surface area contributed by atoms with Crippen molar-refractivity contribution in [3.63, 3.8) is 0 Å². The minimum absolute atomic E-state index is 0.0759. The fourth-order valence-corrected chi connectivity index (χ4v) is 11.5. The van der Waals surface area contributed by atoms with E-state index < -0.39 is 72.3 Å². The Kier molecular flexibility index (Phi) is 15.7. The number of aromatic nitrogens is 2. The molecule has 8 atom stereocenters. The summed E-state index contributed by atoms with van der Waals surface area (Å²) in [4.78, 5) is 81.8. The number of cyclic esters (lactones) is 1. The number of hydrazine groups is 1. The summed E-state index contributed by atoms with van der Waals surface area (Å²) in [5.41, 5.74) is 5.69. The van der Waals surface area contributed by atoms with Crippen molar-refractivity contribution in [2.45, 2.75) is 122 Å². The highest BCUT2D eigenvalue weighted by Gasteiger charge is 2.46. The molecule has 8 rings (SSSR count). The Balaban J connectivity index is 1.14. The van der Waals surface area contributed by atoms with Crippen molar-refractivity contribution in [3.8, 4) is 11.3 Å². The Hall–Kier alpha value is -5.57. The van der Waals surface area contributed by atoms with Gasteiger partial charge in [0.2, 0.25) is 11.8 Å².